The van der Waals surface area contributed by atoms with Crippen molar-refractivity contribution in [3.63, 3.8) is 0 Å². The number of carbonyl (C=O) groups excluding carboxylic acids is 1. The van der Waals surface area contributed by atoms with E-state index in [0.717, 1.165) is 43.1 Å². The molecule has 0 bridgehead atoms. The van der Waals surface area contributed by atoms with Crippen LogP contribution in [-0.2, 0) is 10.2 Å². The molecule has 1 saturated carbocycles. The lowest BCUT2D eigenvalue weighted by atomic mass is 9.93. The zero-order chi connectivity index (χ0) is 20.6. The van der Waals surface area contributed by atoms with Crippen molar-refractivity contribution in [3.8, 4) is 11.6 Å². The molecule has 8 heteroatoms. The molecule has 0 unspecified atom stereocenters. The first-order chi connectivity index (χ1) is 14.7. The number of hydrogen-bond donors (Lipinski definition) is 0. The summed E-state index contributed by atoms with van der Waals surface area (Å²) < 4.78 is 7.20. The Hall–Kier alpha value is -3.42. The first-order valence-electron chi connectivity index (χ1n) is 10.2. The van der Waals surface area contributed by atoms with Crippen LogP contribution in [0.15, 0.2) is 54.9 Å². The molecule has 154 valence electrons. The van der Waals surface area contributed by atoms with Gasteiger partial charge >= 0.3 is 0 Å². The standard InChI is InChI=1S/C22H24N6O2/c1-30-18-6-3-2-5-17(18)22(9-10-22)21(29)27-15-13-26(14-16-27)19-7-8-20(25-24-19)28-12-4-11-23-28/h2-8,11-12H,9-10,13-16H2,1H3. The molecule has 0 atom stereocenters. The Morgan fingerprint density at radius 3 is 2.33 bits per heavy atom. The molecule has 0 radical (unpaired) electrons. The summed E-state index contributed by atoms with van der Waals surface area (Å²) in [5.74, 6) is 2.52. The smallest absolute Gasteiger partial charge is 0.233 e. The van der Waals surface area contributed by atoms with Gasteiger partial charge in [-0.25, -0.2) is 4.68 Å². The van der Waals surface area contributed by atoms with Crippen LogP contribution in [0.3, 0.4) is 0 Å². The van der Waals surface area contributed by atoms with Crippen LogP contribution in [-0.4, -0.2) is 64.1 Å². The van der Waals surface area contributed by atoms with Gasteiger partial charge in [0.2, 0.25) is 5.91 Å². The third-order valence-electron chi connectivity index (χ3n) is 6.05. The van der Waals surface area contributed by atoms with E-state index in [1.54, 1.807) is 18.0 Å². The lowest BCUT2D eigenvalue weighted by molar-refractivity contribution is -0.134. The highest BCUT2D eigenvalue weighted by molar-refractivity contribution is 5.92. The molecule has 1 aliphatic heterocycles. The molecule has 3 aromatic rings. The molecule has 1 amide bonds. The Labute approximate surface area is 175 Å². The maximum atomic E-state index is 13.4. The van der Waals surface area contributed by atoms with E-state index in [1.807, 2.05) is 53.6 Å². The minimum atomic E-state index is -0.417. The molecule has 0 N–H and O–H groups in total. The molecule has 1 saturated heterocycles. The molecule has 2 fully saturated rings. The Bertz CT molecular complexity index is 1020. The number of hydrogen-bond acceptors (Lipinski definition) is 6. The van der Waals surface area contributed by atoms with Crippen LogP contribution in [0, 0.1) is 0 Å². The largest absolute Gasteiger partial charge is 0.496 e. The summed E-state index contributed by atoms with van der Waals surface area (Å²) in [6.07, 6.45) is 5.31. The van der Waals surface area contributed by atoms with Crippen molar-refractivity contribution in [2.75, 3.05) is 38.2 Å². The lowest BCUT2D eigenvalue weighted by Crippen LogP contribution is -2.51. The van der Waals surface area contributed by atoms with Crippen molar-refractivity contribution < 1.29 is 9.53 Å². The number of aromatic nitrogens is 4. The highest BCUT2D eigenvalue weighted by Crippen LogP contribution is 2.52. The van der Waals surface area contributed by atoms with Gasteiger partial charge in [-0.3, -0.25) is 4.79 Å². The van der Waals surface area contributed by atoms with Crippen molar-refractivity contribution in [1.82, 2.24) is 24.9 Å². The minimum Gasteiger partial charge on any atom is -0.496 e. The Balaban J connectivity index is 1.25. The van der Waals surface area contributed by atoms with Crippen LogP contribution in [0.25, 0.3) is 5.82 Å². The van der Waals surface area contributed by atoms with Crippen molar-refractivity contribution in [2.45, 2.75) is 18.3 Å². The van der Waals surface area contributed by atoms with E-state index in [9.17, 15) is 4.79 Å². The summed E-state index contributed by atoms with van der Waals surface area (Å²) in [5.41, 5.74) is 0.597. The normalized spacial score (nSPS) is 17.6. The predicted octanol–water partition coefficient (Wildman–Crippen LogP) is 2.05. The van der Waals surface area contributed by atoms with Gasteiger partial charge in [-0.1, -0.05) is 18.2 Å². The number of rotatable bonds is 5. The van der Waals surface area contributed by atoms with Crippen molar-refractivity contribution in [2.24, 2.45) is 0 Å². The first-order valence-corrected chi connectivity index (χ1v) is 10.2. The monoisotopic (exact) mass is 404 g/mol. The number of piperazine rings is 1. The minimum absolute atomic E-state index is 0.215. The second-order valence-electron chi connectivity index (χ2n) is 7.76. The zero-order valence-electron chi connectivity index (χ0n) is 16.9. The average Bonchev–Trinajstić information content (AvgIpc) is 3.44. The molecule has 2 aromatic heterocycles. The molecule has 8 nitrogen and oxygen atoms in total. The SMILES string of the molecule is COc1ccccc1C1(C(=O)N2CCN(c3ccc(-n4cccn4)nn3)CC2)CC1. The van der Waals surface area contributed by atoms with Gasteiger partial charge in [0, 0.05) is 44.1 Å². The van der Waals surface area contributed by atoms with Gasteiger partial charge in [-0.2, -0.15) is 5.10 Å². The van der Waals surface area contributed by atoms with Crippen LogP contribution in [0.1, 0.15) is 18.4 Å². The van der Waals surface area contributed by atoms with Crippen LogP contribution < -0.4 is 9.64 Å². The van der Waals surface area contributed by atoms with E-state index in [-0.39, 0.29) is 5.91 Å². The summed E-state index contributed by atoms with van der Waals surface area (Å²) in [7, 11) is 1.66. The van der Waals surface area contributed by atoms with Crippen LogP contribution in [0.5, 0.6) is 5.75 Å². The molecule has 1 aromatic carbocycles. The van der Waals surface area contributed by atoms with E-state index in [2.05, 4.69) is 20.2 Å². The number of benzene rings is 1. The second-order valence-corrected chi connectivity index (χ2v) is 7.76. The second kappa shape index (κ2) is 7.44. The summed E-state index contributed by atoms with van der Waals surface area (Å²) >= 11 is 0. The molecule has 1 aliphatic carbocycles. The summed E-state index contributed by atoms with van der Waals surface area (Å²) in [4.78, 5) is 17.5. The van der Waals surface area contributed by atoms with Crippen molar-refractivity contribution >= 4 is 11.7 Å². The number of methoxy groups -OCH3 is 1. The van der Waals surface area contributed by atoms with Crippen LogP contribution >= 0.6 is 0 Å². The number of ether oxygens (including phenoxy) is 1. The maximum Gasteiger partial charge on any atom is 0.233 e. The van der Waals surface area contributed by atoms with Gasteiger partial charge in [0.05, 0.1) is 12.5 Å². The number of amides is 1. The fraction of sp³-hybridized carbons (Fsp3) is 0.364. The van der Waals surface area contributed by atoms with Gasteiger partial charge in [-0.15, -0.1) is 10.2 Å². The molecule has 30 heavy (non-hydrogen) atoms. The fourth-order valence-electron chi connectivity index (χ4n) is 4.22. The van der Waals surface area contributed by atoms with Gasteiger partial charge in [0.25, 0.3) is 0 Å². The Kier molecular flexibility index (Phi) is 4.61. The Morgan fingerprint density at radius 1 is 0.967 bits per heavy atom. The average molecular weight is 404 g/mol. The highest BCUT2D eigenvalue weighted by Gasteiger charge is 2.54. The number of carbonyl (C=O) groups is 1. The van der Waals surface area contributed by atoms with Crippen LogP contribution in [0.2, 0.25) is 0 Å². The van der Waals surface area contributed by atoms with E-state index in [4.69, 9.17) is 4.74 Å². The quantitative estimate of drug-likeness (QED) is 0.648. The molecule has 2 aliphatic rings. The molecule has 0 spiro atoms. The van der Waals surface area contributed by atoms with Gasteiger partial charge in [-0.05, 0) is 37.1 Å². The van der Waals surface area contributed by atoms with Gasteiger partial charge < -0.3 is 14.5 Å². The number of para-hydroxylation sites is 1. The van der Waals surface area contributed by atoms with Gasteiger partial charge in [0.15, 0.2) is 11.6 Å². The number of nitrogens with zero attached hydrogens (tertiary/aromatic N) is 6. The van der Waals surface area contributed by atoms with Crippen molar-refractivity contribution in [3.05, 3.63) is 60.4 Å². The van der Waals surface area contributed by atoms with Crippen molar-refractivity contribution in [1.29, 1.82) is 0 Å². The third-order valence-corrected chi connectivity index (χ3v) is 6.05. The molecule has 3 heterocycles. The zero-order valence-corrected chi connectivity index (χ0v) is 16.9. The Morgan fingerprint density at radius 2 is 1.70 bits per heavy atom. The van der Waals surface area contributed by atoms with E-state index >= 15 is 0 Å². The molecular weight excluding hydrogens is 380 g/mol. The lowest BCUT2D eigenvalue weighted by Gasteiger charge is -2.37. The predicted molar refractivity (Wildman–Crippen MR) is 112 cm³/mol. The summed E-state index contributed by atoms with van der Waals surface area (Å²) in [6, 6.07) is 13.6. The van der Waals surface area contributed by atoms with Gasteiger partial charge in [0.1, 0.15) is 5.75 Å². The van der Waals surface area contributed by atoms with E-state index < -0.39 is 5.41 Å². The third kappa shape index (κ3) is 3.18. The molecular formula is C22H24N6O2. The number of anilines is 1. The topological polar surface area (TPSA) is 76.4 Å². The highest BCUT2D eigenvalue weighted by atomic mass is 16.5. The molecule has 5 rings (SSSR count). The van der Waals surface area contributed by atoms with Crippen LogP contribution in [0.4, 0.5) is 5.82 Å². The maximum absolute atomic E-state index is 13.4. The first kappa shape index (κ1) is 18.6. The van der Waals surface area contributed by atoms with E-state index in [1.165, 1.54) is 0 Å². The summed E-state index contributed by atoms with van der Waals surface area (Å²) in [5, 5.41) is 12.8. The van der Waals surface area contributed by atoms with E-state index in [0.29, 0.717) is 18.9 Å². The summed E-state index contributed by atoms with van der Waals surface area (Å²) in [6.45, 7) is 2.84. The fourth-order valence-corrected chi connectivity index (χ4v) is 4.22.